The number of aromatic nitrogens is 2. The number of carbonyl (C=O) groups is 1. The Bertz CT molecular complexity index is 785. The minimum atomic E-state index is 0.0936. The van der Waals surface area contributed by atoms with Gasteiger partial charge in [0.15, 0.2) is 0 Å². The Labute approximate surface area is 166 Å². The fourth-order valence-corrected chi connectivity index (χ4v) is 3.76. The van der Waals surface area contributed by atoms with Gasteiger partial charge in [-0.3, -0.25) is 0 Å². The summed E-state index contributed by atoms with van der Waals surface area (Å²) < 4.78 is 6.94. The number of nitrogens with zero attached hydrogens (tertiary/aromatic N) is 3. The van der Waals surface area contributed by atoms with Crippen LogP contribution in [-0.4, -0.2) is 34.9 Å². The molecule has 3 rings (SSSR count). The average Bonchev–Trinajstić information content (AvgIpc) is 3.05. The summed E-state index contributed by atoms with van der Waals surface area (Å²) in [6, 6.07) is 8.03. The molecule has 0 bridgehead atoms. The van der Waals surface area contributed by atoms with Gasteiger partial charge in [0.25, 0.3) is 0 Å². The molecule has 26 heavy (non-hydrogen) atoms. The molecule has 1 saturated heterocycles. The van der Waals surface area contributed by atoms with Gasteiger partial charge in [-0.05, 0) is 58.1 Å². The van der Waals surface area contributed by atoms with Crippen LogP contribution in [0, 0.1) is 0 Å². The molecule has 2 heterocycles. The lowest BCUT2D eigenvalue weighted by atomic mass is 9.96. The number of halogens is 2. The van der Waals surface area contributed by atoms with Gasteiger partial charge >= 0.3 is 0 Å². The number of ketones is 1. The third kappa shape index (κ3) is 4.74. The Hall–Kier alpha value is -1.66. The van der Waals surface area contributed by atoms with Crippen molar-refractivity contribution in [3.8, 4) is 5.75 Å². The standard InChI is InChI=1S/C19H21BrClN3O2/c1-12(9-13(2)25)14-3-5-15(6-4-14)26-16-7-8-24(11-16)18-17(20)10-22-19(21)23-18/h3-6,10,12,16H,7-9,11H2,1-2H3/t12-,16-/m1/s1. The van der Waals surface area contributed by atoms with Gasteiger partial charge in [-0.15, -0.1) is 0 Å². The van der Waals surface area contributed by atoms with Crippen LogP contribution < -0.4 is 9.64 Å². The van der Waals surface area contributed by atoms with Crippen LogP contribution in [0.1, 0.15) is 38.2 Å². The van der Waals surface area contributed by atoms with Gasteiger partial charge in [0.1, 0.15) is 23.5 Å². The molecule has 5 nitrogen and oxygen atoms in total. The molecule has 138 valence electrons. The van der Waals surface area contributed by atoms with Crippen molar-refractivity contribution in [2.75, 3.05) is 18.0 Å². The van der Waals surface area contributed by atoms with Gasteiger partial charge in [-0.2, -0.15) is 4.98 Å². The number of carbonyl (C=O) groups excluding carboxylic acids is 1. The van der Waals surface area contributed by atoms with E-state index >= 15 is 0 Å². The Morgan fingerprint density at radius 2 is 2.15 bits per heavy atom. The number of hydrogen-bond acceptors (Lipinski definition) is 5. The summed E-state index contributed by atoms with van der Waals surface area (Å²) in [7, 11) is 0. The first-order chi connectivity index (χ1) is 12.4. The SMILES string of the molecule is CC(=O)C[C@@H](C)c1ccc(O[C@@H]2CCN(c3nc(Cl)ncc3Br)C2)cc1. The number of hydrogen-bond donors (Lipinski definition) is 0. The number of anilines is 1. The van der Waals surface area contributed by atoms with Crippen LogP contribution in [0.25, 0.3) is 0 Å². The molecule has 0 saturated carbocycles. The smallest absolute Gasteiger partial charge is 0.224 e. The molecule has 1 fully saturated rings. The van der Waals surface area contributed by atoms with Crippen LogP contribution in [0.4, 0.5) is 5.82 Å². The van der Waals surface area contributed by atoms with Crippen LogP contribution in [-0.2, 0) is 4.79 Å². The van der Waals surface area contributed by atoms with Gasteiger partial charge in [0, 0.05) is 25.6 Å². The van der Waals surface area contributed by atoms with Crippen LogP contribution >= 0.6 is 27.5 Å². The highest BCUT2D eigenvalue weighted by molar-refractivity contribution is 9.10. The van der Waals surface area contributed by atoms with Crippen LogP contribution in [0.15, 0.2) is 34.9 Å². The Kier molecular flexibility index (Phi) is 6.14. The average molecular weight is 439 g/mol. The number of benzene rings is 1. The molecular formula is C19H21BrClN3O2. The van der Waals surface area contributed by atoms with Crippen molar-refractivity contribution < 1.29 is 9.53 Å². The fraction of sp³-hybridized carbons (Fsp3) is 0.421. The van der Waals surface area contributed by atoms with E-state index in [4.69, 9.17) is 16.3 Å². The van der Waals surface area contributed by atoms with Crippen molar-refractivity contribution >= 4 is 39.1 Å². The van der Waals surface area contributed by atoms with Crippen molar-refractivity contribution in [3.63, 3.8) is 0 Å². The van der Waals surface area contributed by atoms with Crippen LogP contribution in [0.2, 0.25) is 5.28 Å². The maximum Gasteiger partial charge on any atom is 0.224 e. The van der Waals surface area contributed by atoms with E-state index < -0.39 is 0 Å². The minimum absolute atomic E-state index is 0.0936. The highest BCUT2D eigenvalue weighted by Crippen LogP contribution is 2.29. The molecule has 1 aromatic heterocycles. The minimum Gasteiger partial charge on any atom is -0.489 e. The Morgan fingerprint density at radius 1 is 1.42 bits per heavy atom. The number of ether oxygens (including phenoxy) is 1. The van der Waals surface area contributed by atoms with E-state index in [1.165, 1.54) is 0 Å². The first-order valence-corrected chi connectivity index (χ1v) is 9.78. The molecule has 0 N–H and O–H groups in total. The quantitative estimate of drug-likeness (QED) is 0.615. The lowest BCUT2D eigenvalue weighted by Gasteiger charge is -2.19. The molecule has 2 aromatic rings. The number of rotatable bonds is 6. The van der Waals surface area contributed by atoms with Crippen molar-refractivity contribution in [1.29, 1.82) is 0 Å². The van der Waals surface area contributed by atoms with Gasteiger partial charge < -0.3 is 14.4 Å². The summed E-state index contributed by atoms with van der Waals surface area (Å²) in [5, 5.41) is 0.239. The Morgan fingerprint density at radius 3 is 2.85 bits per heavy atom. The van der Waals surface area contributed by atoms with Gasteiger partial charge in [-0.1, -0.05) is 19.1 Å². The van der Waals surface area contributed by atoms with E-state index in [9.17, 15) is 4.79 Å². The highest BCUT2D eigenvalue weighted by Gasteiger charge is 2.26. The van der Waals surface area contributed by atoms with Gasteiger partial charge in [0.05, 0.1) is 11.0 Å². The third-order valence-electron chi connectivity index (χ3n) is 4.49. The maximum atomic E-state index is 11.3. The second-order valence-corrected chi connectivity index (χ2v) is 7.85. The normalized spacial score (nSPS) is 18.0. The molecular weight excluding hydrogens is 418 g/mol. The Balaban J connectivity index is 1.60. The molecule has 0 aliphatic carbocycles. The van der Waals surface area contributed by atoms with E-state index in [2.05, 4.69) is 37.7 Å². The largest absolute Gasteiger partial charge is 0.489 e. The van der Waals surface area contributed by atoms with E-state index in [-0.39, 0.29) is 23.1 Å². The van der Waals surface area contributed by atoms with E-state index in [1.807, 2.05) is 24.3 Å². The van der Waals surface area contributed by atoms with Gasteiger partial charge in [-0.25, -0.2) is 4.98 Å². The molecule has 0 spiro atoms. The van der Waals surface area contributed by atoms with Crippen molar-refractivity contribution in [1.82, 2.24) is 9.97 Å². The molecule has 0 unspecified atom stereocenters. The number of Topliss-reactive ketones (excluding diaryl/α,β-unsaturated/α-hetero) is 1. The predicted octanol–water partition coefficient (Wildman–Crippen LogP) is 4.63. The highest BCUT2D eigenvalue weighted by atomic mass is 79.9. The summed E-state index contributed by atoms with van der Waals surface area (Å²) in [6.45, 7) is 5.29. The lowest BCUT2D eigenvalue weighted by Crippen LogP contribution is -2.25. The first kappa shape index (κ1) is 19.1. The molecule has 1 aromatic carbocycles. The zero-order valence-electron chi connectivity index (χ0n) is 14.8. The zero-order chi connectivity index (χ0) is 18.7. The fourth-order valence-electron chi connectivity index (χ4n) is 3.19. The molecule has 0 radical (unpaired) electrons. The monoisotopic (exact) mass is 437 g/mol. The maximum absolute atomic E-state index is 11.3. The summed E-state index contributed by atoms with van der Waals surface area (Å²) >= 11 is 9.39. The first-order valence-electron chi connectivity index (χ1n) is 8.61. The van der Waals surface area contributed by atoms with Crippen molar-refractivity contribution in [2.24, 2.45) is 0 Å². The molecule has 7 heteroatoms. The van der Waals surface area contributed by atoms with Crippen LogP contribution in [0.3, 0.4) is 0 Å². The summed E-state index contributed by atoms with van der Waals surface area (Å²) in [4.78, 5) is 21.7. The van der Waals surface area contributed by atoms with E-state index in [0.29, 0.717) is 6.42 Å². The van der Waals surface area contributed by atoms with Crippen molar-refractivity contribution in [3.05, 3.63) is 45.8 Å². The topological polar surface area (TPSA) is 55.3 Å². The second kappa shape index (κ2) is 8.35. The summed E-state index contributed by atoms with van der Waals surface area (Å²) in [6.07, 6.45) is 3.24. The third-order valence-corrected chi connectivity index (χ3v) is 5.23. The zero-order valence-corrected chi connectivity index (χ0v) is 17.1. The van der Waals surface area contributed by atoms with Gasteiger partial charge in [0.2, 0.25) is 5.28 Å². The second-order valence-electron chi connectivity index (χ2n) is 6.66. The van der Waals surface area contributed by atoms with E-state index in [1.54, 1.807) is 13.1 Å². The molecule has 0 amide bonds. The van der Waals surface area contributed by atoms with Crippen molar-refractivity contribution in [2.45, 2.75) is 38.7 Å². The lowest BCUT2D eigenvalue weighted by molar-refractivity contribution is -0.117. The molecule has 1 aliphatic rings. The molecule has 1 aliphatic heterocycles. The predicted molar refractivity (Wildman–Crippen MR) is 106 cm³/mol. The van der Waals surface area contributed by atoms with E-state index in [0.717, 1.165) is 41.1 Å². The van der Waals surface area contributed by atoms with Crippen LogP contribution in [0.5, 0.6) is 5.75 Å². The molecule has 2 atom stereocenters. The summed E-state index contributed by atoms with van der Waals surface area (Å²) in [5.41, 5.74) is 1.15. The summed E-state index contributed by atoms with van der Waals surface area (Å²) in [5.74, 6) is 2.07.